The Morgan fingerprint density at radius 1 is 1.36 bits per heavy atom. The van der Waals surface area contributed by atoms with Crippen molar-refractivity contribution in [3.63, 3.8) is 0 Å². The molecule has 1 amide bonds. The van der Waals surface area contributed by atoms with E-state index in [0.717, 1.165) is 31.8 Å². The normalized spacial score (nSPS) is 25.2. The van der Waals surface area contributed by atoms with E-state index >= 15 is 0 Å². The fourth-order valence-corrected chi connectivity index (χ4v) is 3.62. The Bertz CT molecular complexity index is 467. The van der Waals surface area contributed by atoms with Gasteiger partial charge in [0, 0.05) is 25.0 Å². The zero-order valence-electron chi connectivity index (χ0n) is 13.4. The van der Waals surface area contributed by atoms with Crippen LogP contribution in [0.3, 0.4) is 0 Å². The molecule has 0 unspecified atom stereocenters. The Morgan fingerprint density at radius 3 is 2.91 bits per heavy atom. The summed E-state index contributed by atoms with van der Waals surface area (Å²) in [6.45, 7) is 4.91. The van der Waals surface area contributed by atoms with Gasteiger partial charge in [-0.1, -0.05) is 0 Å². The minimum atomic E-state index is 0.128. The first kappa shape index (κ1) is 15.5. The number of aromatic amines is 1. The number of nitrogens with one attached hydrogen (secondary N) is 2. The number of amides is 1. The van der Waals surface area contributed by atoms with Crippen LogP contribution in [-0.2, 0) is 11.3 Å². The highest BCUT2D eigenvalue weighted by Crippen LogP contribution is 2.23. The third-order valence-corrected chi connectivity index (χ3v) is 5.01. The van der Waals surface area contributed by atoms with E-state index in [1.165, 1.54) is 25.9 Å². The van der Waals surface area contributed by atoms with Crippen LogP contribution in [0, 0.1) is 5.92 Å². The average Bonchev–Trinajstić information content (AvgIpc) is 3.07. The summed E-state index contributed by atoms with van der Waals surface area (Å²) >= 11 is 0. The molecule has 3 rings (SSSR count). The Labute approximate surface area is 132 Å². The number of hydrogen-bond donors (Lipinski definition) is 2. The second kappa shape index (κ2) is 7.24. The van der Waals surface area contributed by atoms with Gasteiger partial charge in [0.05, 0.1) is 12.5 Å². The lowest BCUT2D eigenvalue weighted by molar-refractivity contribution is -0.127. The van der Waals surface area contributed by atoms with Crippen molar-refractivity contribution in [2.75, 3.05) is 33.2 Å². The lowest BCUT2D eigenvalue weighted by atomic mass is 9.93. The standard InChI is InChI=1S/C16H27N5O/c1-20-9-4-14(5-10-20)21-8-2-3-13(12-21)16(22)19-11-15-17-6-7-18-15/h6-7,13-14H,2-5,8-12H2,1H3,(H,17,18)(H,19,22)/t13-/m0/s1. The zero-order valence-corrected chi connectivity index (χ0v) is 13.4. The molecule has 2 aliphatic rings. The summed E-state index contributed by atoms with van der Waals surface area (Å²) in [5, 5.41) is 3.02. The van der Waals surface area contributed by atoms with Crippen molar-refractivity contribution in [3.8, 4) is 0 Å². The molecule has 1 aromatic rings. The summed E-state index contributed by atoms with van der Waals surface area (Å²) in [7, 11) is 2.19. The molecule has 1 aromatic heterocycles. The van der Waals surface area contributed by atoms with Crippen molar-refractivity contribution < 1.29 is 4.79 Å². The molecule has 2 N–H and O–H groups in total. The molecule has 6 heteroatoms. The Balaban J connectivity index is 1.48. The highest BCUT2D eigenvalue weighted by Gasteiger charge is 2.31. The average molecular weight is 305 g/mol. The fourth-order valence-electron chi connectivity index (χ4n) is 3.62. The Hall–Kier alpha value is -1.40. The first-order valence-corrected chi connectivity index (χ1v) is 8.41. The van der Waals surface area contributed by atoms with Gasteiger partial charge in [-0.3, -0.25) is 9.69 Å². The molecule has 6 nitrogen and oxygen atoms in total. The van der Waals surface area contributed by atoms with E-state index in [2.05, 4.69) is 32.1 Å². The van der Waals surface area contributed by atoms with Gasteiger partial charge in [-0.05, 0) is 52.4 Å². The Kier molecular flexibility index (Phi) is 5.10. The van der Waals surface area contributed by atoms with Crippen molar-refractivity contribution >= 4 is 5.91 Å². The second-order valence-corrected chi connectivity index (χ2v) is 6.62. The summed E-state index contributed by atoms with van der Waals surface area (Å²) in [5.41, 5.74) is 0. The van der Waals surface area contributed by atoms with Gasteiger partial charge in [0.25, 0.3) is 0 Å². The van der Waals surface area contributed by atoms with Gasteiger partial charge in [0.15, 0.2) is 0 Å². The number of imidazole rings is 1. The molecule has 0 aromatic carbocycles. The number of rotatable bonds is 4. The molecule has 0 radical (unpaired) electrons. The van der Waals surface area contributed by atoms with Crippen molar-refractivity contribution in [3.05, 3.63) is 18.2 Å². The minimum Gasteiger partial charge on any atom is -0.349 e. The zero-order chi connectivity index (χ0) is 15.4. The number of likely N-dealkylation sites (tertiary alicyclic amines) is 2. The molecule has 0 bridgehead atoms. The van der Waals surface area contributed by atoms with Gasteiger partial charge in [-0.15, -0.1) is 0 Å². The van der Waals surface area contributed by atoms with Crippen LogP contribution >= 0.6 is 0 Å². The highest BCUT2D eigenvalue weighted by molar-refractivity contribution is 5.78. The van der Waals surface area contributed by atoms with Crippen LogP contribution in [0.4, 0.5) is 0 Å². The van der Waals surface area contributed by atoms with Gasteiger partial charge in [0.2, 0.25) is 5.91 Å². The lowest BCUT2D eigenvalue weighted by Crippen LogP contribution is -2.50. The molecule has 2 saturated heterocycles. The van der Waals surface area contributed by atoms with E-state index in [1.54, 1.807) is 12.4 Å². The van der Waals surface area contributed by atoms with Crippen LogP contribution in [0.2, 0.25) is 0 Å². The highest BCUT2D eigenvalue weighted by atomic mass is 16.1. The van der Waals surface area contributed by atoms with Crippen molar-refractivity contribution in [2.45, 2.75) is 38.3 Å². The summed E-state index contributed by atoms with van der Waals surface area (Å²) in [5.74, 6) is 1.12. The number of nitrogens with zero attached hydrogens (tertiary/aromatic N) is 3. The third kappa shape index (κ3) is 3.87. The molecule has 0 saturated carbocycles. The monoisotopic (exact) mass is 305 g/mol. The van der Waals surface area contributed by atoms with Gasteiger partial charge >= 0.3 is 0 Å². The van der Waals surface area contributed by atoms with E-state index in [9.17, 15) is 4.79 Å². The fraction of sp³-hybridized carbons (Fsp3) is 0.750. The molecule has 2 aliphatic heterocycles. The van der Waals surface area contributed by atoms with Crippen LogP contribution in [0.1, 0.15) is 31.5 Å². The van der Waals surface area contributed by atoms with Gasteiger partial charge in [-0.25, -0.2) is 4.98 Å². The lowest BCUT2D eigenvalue weighted by Gasteiger charge is -2.41. The number of carbonyl (C=O) groups excluding carboxylic acids is 1. The summed E-state index contributed by atoms with van der Waals surface area (Å²) in [6, 6.07) is 0.664. The van der Waals surface area contributed by atoms with Crippen molar-refractivity contribution in [2.24, 2.45) is 5.92 Å². The predicted octanol–water partition coefficient (Wildman–Crippen LogP) is 0.832. The molecule has 0 spiro atoms. The van der Waals surface area contributed by atoms with Crippen molar-refractivity contribution in [1.29, 1.82) is 0 Å². The Morgan fingerprint density at radius 2 is 2.18 bits per heavy atom. The number of carbonyl (C=O) groups is 1. The summed E-state index contributed by atoms with van der Waals surface area (Å²) < 4.78 is 0. The molecule has 122 valence electrons. The summed E-state index contributed by atoms with van der Waals surface area (Å²) in [4.78, 5) is 24.5. The maximum absolute atomic E-state index is 12.4. The molecular formula is C16H27N5O. The maximum Gasteiger partial charge on any atom is 0.224 e. The molecule has 1 atom stereocenters. The van der Waals surface area contributed by atoms with E-state index in [-0.39, 0.29) is 11.8 Å². The van der Waals surface area contributed by atoms with Crippen LogP contribution in [-0.4, -0.2) is 64.9 Å². The second-order valence-electron chi connectivity index (χ2n) is 6.62. The van der Waals surface area contributed by atoms with Crippen LogP contribution in [0.25, 0.3) is 0 Å². The third-order valence-electron chi connectivity index (χ3n) is 5.01. The van der Waals surface area contributed by atoms with Crippen LogP contribution in [0.15, 0.2) is 12.4 Å². The van der Waals surface area contributed by atoms with E-state index in [0.29, 0.717) is 12.6 Å². The maximum atomic E-state index is 12.4. The number of H-pyrrole nitrogens is 1. The largest absolute Gasteiger partial charge is 0.349 e. The van der Waals surface area contributed by atoms with Crippen LogP contribution in [0.5, 0.6) is 0 Å². The van der Waals surface area contributed by atoms with E-state index in [4.69, 9.17) is 0 Å². The van der Waals surface area contributed by atoms with E-state index in [1.807, 2.05) is 0 Å². The molecular weight excluding hydrogens is 278 g/mol. The first-order valence-electron chi connectivity index (χ1n) is 8.41. The number of hydrogen-bond acceptors (Lipinski definition) is 4. The topological polar surface area (TPSA) is 64.3 Å². The minimum absolute atomic E-state index is 0.128. The first-order chi connectivity index (χ1) is 10.7. The number of piperidine rings is 2. The predicted molar refractivity (Wildman–Crippen MR) is 85.3 cm³/mol. The smallest absolute Gasteiger partial charge is 0.224 e. The SMILES string of the molecule is CN1CCC(N2CCC[C@H](C(=O)NCc3ncc[nH]3)C2)CC1. The number of aromatic nitrogens is 2. The molecule has 3 heterocycles. The quantitative estimate of drug-likeness (QED) is 0.865. The van der Waals surface area contributed by atoms with E-state index < -0.39 is 0 Å². The van der Waals surface area contributed by atoms with Crippen molar-refractivity contribution in [1.82, 2.24) is 25.1 Å². The van der Waals surface area contributed by atoms with Gasteiger partial charge < -0.3 is 15.2 Å². The summed E-state index contributed by atoms with van der Waals surface area (Å²) in [6.07, 6.45) is 8.10. The van der Waals surface area contributed by atoms with Gasteiger partial charge in [-0.2, -0.15) is 0 Å². The molecule has 2 fully saturated rings. The van der Waals surface area contributed by atoms with Crippen LogP contribution < -0.4 is 5.32 Å². The molecule has 22 heavy (non-hydrogen) atoms. The molecule has 0 aliphatic carbocycles. The van der Waals surface area contributed by atoms with Gasteiger partial charge in [0.1, 0.15) is 5.82 Å².